The Bertz CT molecular complexity index is 519. The first kappa shape index (κ1) is 14.5. The molecule has 0 fully saturated rings. The van der Waals surface area contributed by atoms with E-state index in [-0.39, 0.29) is 24.7 Å². The Labute approximate surface area is 107 Å². The maximum absolute atomic E-state index is 11.5. The van der Waals surface area contributed by atoms with Crippen LogP contribution in [0.25, 0.3) is 0 Å². The summed E-state index contributed by atoms with van der Waals surface area (Å²) in [4.78, 5) is 0. The number of nitriles is 1. The van der Waals surface area contributed by atoms with Gasteiger partial charge in [-0.15, -0.1) is 0 Å². The third-order valence-corrected chi connectivity index (χ3v) is 3.84. The van der Waals surface area contributed by atoms with Crippen molar-refractivity contribution in [3.8, 4) is 11.8 Å². The van der Waals surface area contributed by atoms with Crippen LogP contribution in [0.4, 0.5) is 0 Å². The van der Waals surface area contributed by atoms with E-state index in [4.69, 9.17) is 14.7 Å². The van der Waals surface area contributed by atoms with Gasteiger partial charge in [0.05, 0.1) is 23.7 Å². The molecule has 0 saturated heterocycles. The summed E-state index contributed by atoms with van der Waals surface area (Å²) < 4.78 is 33.0. The Morgan fingerprint density at radius 2 is 1.89 bits per heavy atom. The molecule has 0 amide bonds. The fourth-order valence-corrected chi connectivity index (χ4v) is 2.24. The van der Waals surface area contributed by atoms with Crippen molar-refractivity contribution in [1.29, 1.82) is 5.26 Å². The van der Waals surface area contributed by atoms with Crippen molar-refractivity contribution >= 4 is 9.84 Å². The van der Waals surface area contributed by atoms with Crippen molar-refractivity contribution in [3.05, 3.63) is 29.8 Å². The largest absolute Gasteiger partial charge is 0.491 e. The van der Waals surface area contributed by atoms with Gasteiger partial charge in [0.25, 0.3) is 0 Å². The van der Waals surface area contributed by atoms with E-state index in [1.165, 1.54) is 7.11 Å². The van der Waals surface area contributed by atoms with Gasteiger partial charge in [0.1, 0.15) is 18.4 Å². The molecular formula is C12H15NO4S. The molecule has 0 bridgehead atoms. The highest BCUT2D eigenvalue weighted by molar-refractivity contribution is 7.91. The number of rotatable bonds is 7. The lowest BCUT2D eigenvalue weighted by molar-refractivity contribution is 0.217. The summed E-state index contributed by atoms with van der Waals surface area (Å²) in [5, 5.41) is 8.83. The third kappa shape index (κ3) is 4.73. The van der Waals surface area contributed by atoms with Gasteiger partial charge in [0.2, 0.25) is 0 Å². The molecule has 0 N–H and O–H groups in total. The molecule has 98 valence electrons. The zero-order valence-corrected chi connectivity index (χ0v) is 10.9. The second-order valence-electron chi connectivity index (χ2n) is 3.60. The van der Waals surface area contributed by atoms with Crippen LogP contribution in [0, 0.1) is 11.3 Å². The molecule has 0 aliphatic rings. The molecule has 0 radical (unpaired) electrons. The quantitative estimate of drug-likeness (QED) is 0.738. The minimum atomic E-state index is -3.17. The van der Waals surface area contributed by atoms with Gasteiger partial charge in [-0.25, -0.2) is 8.42 Å². The number of hydrogen-bond donors (Lipinski definition) is 0. The van der Waals surface area contributed by atoms with Gasteiger partial charge < -0.3 is 9.47 Å². The molecule has 0 aliphatic carbocycles. The molecule has 1 rings (SSSR count). The van der Waals surface area contributed by atoms with Crippen molar-refractivity contribution < 1.29 is 17.9 Å². The molecule has 0 atom stereocenters. The zero-order valence-electron chi connectivity index (χ0n) is 10.1. The van der Waals surface area contributed by atoms with E-state index < -0.39 is 9.84 Å². The SMILES string of the molecule is COCCS(=O)(=O)CCOc1ccccc1C#N. The maximum Gasteiger partial charge on any atom is 0.155 e. The average Bonchev–Trinajstić information content (AvgIpc) is 2.37. The summed E-state index contributed by atoms with van der Waals surface area (Å²) >= 11 is 0. The van der Waals surface area contributed by atoms with E-state index in [2.05, 4.69) is 0 Å². The minimum absolute atomic E-state index is 0.0211. The normalized spacial score (nSPS) is 10.9. The van der Waals surface area contributed by atoms with Crippen LogP contribution in [0.15, 0.2) is 24.3 Å². The lowest BCUT2D eigenvalue weighted by Crippen LogP contribution is -2.19. The smallest absolute Gasteiger partial charge is 0.155 e. The van der Waals surface area contributed by atoms with Crippen molar-refractivity contribution in [2.24, 2.45) is 0 Å². The van der Waals surface area contributed by atoms with Crippen LogP contribution in [0.1, 0.15) is 5.56 Å². The highest BCUT2D eigenvalue weighted by Crippen LogP contribution is 2.16. The molecule has 0 saturated carbocycles. The molecule has 5 nitrogen and oxygen atoms in total. The molecule has 0 aliphatic heterocycles. The molecule has 0 heterocycles. The molecule has 18 heavy (non-hydrogen) atoms. The summed E-state index contributed by atoms with van der Waals surface area (Å²) in [6.07, 6.45) is 0. The van der Waals surface area contributed by atoms with E-state index in [0.29, 0.717) is 11.3 Å². The molecule has 1 aromatic rings. The van der Waals surface area contributed by atoms with Crippen molar-refractivity contribution in [2.45, 2.75) is 0 Å². The van der Waals surface area contributed by atoms with Crippen molar-refractivity contribution in [1.82, 2.24) is 0 Å². The predicted molar refractivity (Wildman–Crippen MR) is 67.2 cm³/mol. The monoisotopic (exact) mass is 269 g/mol. The lowest BCUT2D eigenvalue weighted by Gasteiger charge is -2.08. The van der Waals surface area contributed by atoms with E-state index >= 15 is 0 Å². The van der Waals surface area contributed by atoms with E-state index in [0.717, 1.165) is 0 Å². The topological polar surface area (TPSA) is 76.4 Å². The summed E-state index contributed by atoms with van der Waals surface area (Å²) in [6, 6.07) is 8.70. The molecular weight excluding hydrogens is 254 g/mol. The standard InChI is InChI=1S/C12H15NO4S/c1-16-6-8-18(14,15)9-7-17-12-5-3-2-4-11(12)10-13/h2-5H,6-9H2,1H3. The lowest BCUT2D eigenvalue weighted by atomic mass is 10.2. The fraction of sp³-hybridized carbons (Fsp3) is 0.417. The first-order valence-corrected chi connectivity index (χ1v) is 7.22. The summed E-state index contributed by atoms with van der Waals surface area (Å²) in [7, 11) is -1.71. The fourth-order valence-electron chi connectivity index (χ4n) is 1.28. The van der Waals surface area contributed by atoms with Gasteiger partial charge in [-0.2, -0.15) is 5.26 Å². The summed E-state index contributed by atoms with van der Waals surface area (Å²) in [6.45, 7) is 0.210. The Morgan fingerprint density at radius 3 is 2.56 bits per heavy atom. The second-order valence-corrected chi connectivity index (χ2v) is 5.90. The van der Waals surface area contributed by atoms with E-state index in [9.17, 15) is 8.42 Å². The highest BCUT2D eigenvalue weighted by Gasteiger charge is 2.11. The van der Waals surface area contributed by atoms with Crippen LogP contribution < -0.4 is 4.74 Å². The van der Waals surface area contributed by atoms with Gasteiger partial charge >= 0.3 is 0 Å². The van der Waals surface area contributed by atoms with Crippen molar-refractivity contribution in [2.75, 3.05) is 31.8 Å². The summed E-state index contributed by atoms with van der Waals surface area (Å²) in [5.74, 6) is 0.296. The first-order chi connectivity index (χ1) is 8.59. The van der Waals surface area contributed by atoms with Gasteiger partial charge in [-0.3, -0.25) is 0 Å². The van der Waals surface area contributed by atoms with Crippen LogP contribution in [0.2, 0.25) is 0 Å². The maximum atomic E-state index is 11.5. The predicted octanol–water partition coefficient (Wildman–Crippen LogP) is 0.998. The van der Waals surface area contributed by atoms with E-state index in [1.54, 1.807) is 24.3 Å². The van der Waals surface area contributed by atoms with Crippen LogP contribution >= 0.6 is 0 Å². The van der Waals surface area contributed by atoms with Crippen LogP contribution in [0.5, 0.6) is 5.75 Å². The molecule has 0 unspecified atom stereocenters. The van der Waals surface area contributed by atoms with Crippen LogP contribution in [0.3, 0.4) is 0 Å². The number of hydrogen-bond acceptors (Lipinski definition) is 5. The van der Waals surface area contributed by atoms with Crippen molar-refractivity contribution in [3.63, 3.8) is 0 Å². The number of para-hydroxylation sites is 1. The average molecular weight is 269 g/mol. The number of sulfone groups is 1. The van der Waals surface area contributed by atoms with Gasteiger partial charge in [-0.1, -0.05) is 12.1 Å². The molecule has 1 aromatic carbocycles. The molecule has 0 spiro atoms. The number of nitrogens with zero attached hydrogens (tertiary/aromatic N) is 1. The van der Waals surface area contributed by atoms with Crippen LogP contribution in [-0.4, -0.2) is 40.2 Å². The highest BCUT2D eigenvalue weighted by atomic mass is 32.2. The Balaban J connectivity index is 2.49. The summed E-state index contributed by atoms with van der Waals surface area (Å²) in [5.41, 5.74) is 0.395. The van der Waals surface area contributed by atoms with Gasteiger partial charge in [0.15, 0.2) is 9.84 Å². The Morgan fingerprint density at radius 1 is 1.22 bits per heavy atom. The number of methoxy groups -OCH3 is 1. The molecule has 0 aromatic heterocycles. The van der Waals surface area contributed by atoms with Crippen LogP contribution in [-0.2, 0) is 14.6 Å². The van der Waals surface area contributed by atoms with Gasteiger partial charge in [-0.05, 0) is 12.1 Å². The number of benzene rings is 1. The third-order valence-electron chi connectivity index (χ3n) is 2.26. The Kier molecular flexibility index (Phi) is 5.62. The second kappa shape index (κ2) is 6.99. The number of ether oxygens (including phenoxy) is 2. The molecule has 6 heteroatoms. The van der Waals surface area contributed by atoms with E-state index in [1.807, 2.05) is 6.07 Å². The minimum Gasteiger partial charge on any atom is -0.491 e. The Hall–Kier alpha value is -1.58. The first-order valence-electron chi connectivity index (χ1n) is 5.40. The zero-order chi connectivity index (χ0) is 13.4. The van der Waals surface area contributed by atoms with Gasteiger partial charge in [0, 0.05) is 7.11 Å².